The minimum absolute atomic E-state index is 0.0943. The molecule has 1 aliphatic carbocycles. The molecule has 2 amide bonds. The molecule has 2 fully saturated rings. The van der Waals surface area contributed by atoms with E-state index < -0.39 is 10.0 Å². The summed E-state index contributed by atoms with van der Waals surface area (Å²) in [5.74, 6) is -0.453. The van der Waals surface area contributed by atoms with Gasteiger partial charge < -0.3 is 0 Å². The third kappa shape index (κ3) is 3.76. The molecule has 8 heteroatoms. The van der Waals surface area contributed by atoms with Gasteiger partial charge in [0.15, 0.2) is 0 Å². The Morgan fingerprint density at radius 3 is 2.38 bits per heavy atom. The van der Waals surface area contributed by atoms with E-state index in [-0.39, 0.29) is 40.9 Å². The second kappa shape index (κ2) is 7.59. The molecule has 2 heterocycles. The fourth-order valence-electron chi connectivity index (χ4n) is 4.22. The van der Waals surface area contributed by atoms with Crippen LogP contribution in [0, 0.1) is 18.8 Å². The highest BCUT2D eigenvalue weighted by Gasteiger charge is 2.47. The zero-order chi connectivity index (χ0) is 20.6. The molecule has 0 radical (unpaired) electrons. The Morgan fingerprint density at radius 2 is 1.76 bits per heavy atom. The normalized spacial score (nSPS) is 21.9. The maximum atomic E-state index is 12.8. The summed E-state index contributed by atoms with van der Waals surface area (Å²) < 4.78 is 28.2. The predicted molar refractivity (Wildman–Crippen MR) is 107 cm³/mol. The lowest BCUT2D eigenvalue weighted by atomic mass is 9.81. The van der Waals surface area contributed by atoms with Crippen molar-refractivity contribution in [2.75, 3.05) is 4.72 Å². The van der Waals surface area contributed by atoms with E-state index in [2.05, 4.69) is 9.71 Å². The number of aromatic nitrogens is 1. The summed E-state index contributed by atoms with van der Waals surface area (Å²) in [5.41, 5.74) is 1.18. The standard InChI is InChI=1S/C21H23N3O4S/c1-14-9-10-15(12-18(14)29(27,28)23-19-8-4-5-11-22-19)13-24-20(25)16-6-2-3-7-17(16)21(24)26/h4-5,8-12,16-17H,2-3,6-7,13H2,1H3,(H,22,23)/t16-,17-/m1/s1. The molecule has 0 unspecified atom stereocenters. The first-order chi connectivity index (χ1) is 13.9. The van der Waals surface area contributed by atoms with E-state index in [1.54, 1.807) is 37.3 Å². The third-order valence-electron chi connectivity index (χ3n) is 5.72. The van der Waals surface area contributed by atoms with Crippen molar-refractivity contribution in [2.24, 2.45) is 11.8 Å². The Morgan fingerprint density at radius 1 is 1.07 bits per heavy atom. The van der Waals surface area contributed by atoms with Crippen LogP contribution in [0.15, 0.2) is 47.5 Å². The molecule has 4 rings (SSSR count). The van der Waals surface area contributed by atoms with Gasteiger partial charge in [0.2, 0.25) is 11.8 Å². The maximum Gasteiger partial charge on any atom is 0.263 e. The highest BCUT2D eigenvalue weighted by Crippen LogP contribution is 2.38. The van der Waals surface area contributed by atoms with Crippen LogP contribution in [-0.2, 0) is 26.2 Å². The smallest absolute Gasteiger partial charge is 0.263 e. The van der Waals surface area contributed by atoms with E-state index in [0.29, 0.717) is 11.1 Å². The van der Waals surface area contributed by atoms with Crippen LogP contribution in [0.1, 0.15) is 36.8 Å². The number of fused-ring (bicyclic) bond motifs is 1. The number of benzene rings is 1. The number of likely N-dealkylation sites (tertiary alicyclic amines) is 1. The second-order valence-electron chi connectivity index (χ2n) is 7.68. The number of rotatable bonds is 5. The number of anilines is 1. The summed E-state index contributed by atoms with van der Waals surface area (Å²) in [4.78, 5) is 30.8. The van der Waals surface area contributed by atoms with E-state index in [1.165, 1.54) is 17.2 Å². The highest BCUT2D eigenvalue weighted by molar-refractivity contribution is 7.92. The average Bonchev–Trinajstić information content (AvgIpc) is 2.95. The van der Waals surface area contributed by atoms with Gasteiger partial charge in [-0.3, -0.25) is 19.2 Å². The van der Waals surface area contributed by atoms with E-state index in [0.717, 1.165) is 25.7 Å². The second-order valence-corrected chi connectivity index (χ2v) is 9.33. The number of pyridine rings is 1. The lowest BCUT2D eigenvalue weighted by molar-refractivity contribution is -0.140. The number of aryl methyl sites for hydroxylation is 1. The Kier molecular flexibility index (Phi) is 5.12. The Hall–Kier alpha value is -2.74. The number of amides is 2. The van der Waals surface area contributed by atoms with Gasteiger partial charge in [0.05, 0.1) is 23.3 Å². The summed E-state index contributed by atoms with van der Waals surface area (Å²) >= 11 is 0. The fraction of sp³-hybridized carbons (Fsp3) is 0.381. The van der Waals surface area contributed by atoms with Crippen LogP contribution in [0.3, 0.4) is 0 Å². The number of nitrogens with one attached hydrogen (secondary N) is 1. The van der Waals surface area contributed by atoms with Crippen LogP contribution in [0.25, 0.3) is 0 Å². The third-order valence-corrected chi connectivity index (χ3v) is 7.22. The van der Waals surface area contributed by atoms with Crippen molar-refractivity contribution in [1.82, 2.24) is 9.88 Å². The van der Waals surface area contributed by atoms with E-state index in [1.807, 2.05) is 0 Å². The molecule has 0 bridgehead atoms. The van der Waals surface area contributed by atoms with Crippen LogP contribution >= 0.6 is 0 Å². The topological polar surface area (TPSA) is 96.4 Å². The molecule has 2 aliphatic rings. The Balaban J connectivity index is 1.59. The summed E-state index contributed by atoms with van der Waals surface area (Å²) in [6.45, 7) is 1.80. The molecule has 7 nitrogen and oxygen atoms in total. The van der Waals surface area contributed by atoms with Crippen LogP contribution < -0.4 is 4.72 Å². The van der Waals surface area contributed by atoms with E-state index in [4.69, 9.17) is 0 Å². The first-order valence-corrected chi connectivity index (χ1v) is 11.2. The highest BCUT2D eigenvalue weighted by atomic mass is 32.2. The molecule has 152 valence electrons. The SMILES string of the molecule is Cc1ccc(CN2C(=O)[C@@H]3CCCC[C@H]3C2=O)cc1S(=O)(=O)Nc1ccccn1. The molecule has 1 saturated carbocycles. The summed E-state index contributed by atoms with van der Waals surface area (Å²) in [6.07, 6.45) is 4.96. The summed E-state index contributed by atoms with van der Waals surface area (Å²) in [7, 11) is -3.85. The zero-order valence-electron chi connectivity index (χ0n) is 16.2. The number of hydrogen-bond acceptors (Lipinski definition) is 5. The largest absolute Gasteiger partial charge is 0.278 e. The first-order valence-electron chi connectivity index (χ1n) is 9.75. The van der Waals surface area contributed by atoms with Gasteiger partial charge in [0.1, 0.15) is 5.82 Å². The molecule has 0 spiro atoms. The Bertz CT molecular complexity index is 1030. The molecule has 1 aromatic carbocycles. The molecular formula is C21H23N3O4S. The van der Waals surface area contributed by atoms with E-state index >= 15 is 0 Å². The fourth-order valence-corrected chi connectivity index (χ4v) is 5.52. The van der Waals surface area contributed by atoms with Crippen molar-refractivity contribution in [3.8, 4) is 0 Å². The van der Waals surface area contributed by atoms with Crippen molar-refractivity contribution < 1.29 is 18.0 Å². The molecule has 1 aromatic heterocycles. The van der Waals surface area contributed by atoms with Gasteiger partial charge in [0.25, 0.3) is 10.0 Å². The number of carbonyl (C=O) groups is 2. The zero-order valence-corrected chi connectivity index (χ0v) is 17.0. The van der Waals surface area contributed by atoms with Gasteiger partial charge in [-0.15, -0.1) is 0 Å². The maximum absolute atomic E-state index is 12.8. The van der Waals surface area contributed by atoms with Crippen molar-refractivity contribution in [2.45, 2.75) is 44.0 Å². The molecular weight excluding hydrogens is 390 g/mol. The van der Waals surface area contributed by atoms with Gasteiger partial charge >= 0.3 is 0 Å². The van der Waals surface area contributed by atoms with Crippen molar-refractivity contribution in [3.63, 3.8) is 0 Å². The number of imide groups is 1. The molecule has 1 saturated heterocycles. The van der Waals surface area contributed by atoms with Crippen LogP contribution in [-0.4, -0.2) is 30.1 Å². The summed E-state index contributed by atoms with van der Waals surface area (Å²) in [5, 5.41) is 0. The minimum Gasteiger partial charge on any atom is -0.278 e. The number of nitrogens with zero attached hydrogens (tertiary/aromatic N) is 2. The molecule has 29 heavy (non-hydrogen) atoms. The van der Waals surface area contributed by atoms with Gasteiger partial charge in [-0.25, -0.2) is 13.4 Å². The van der Waals surface area contributed by atoms with Crippen LogP contribution in [0.2, 0.25) is 0 Å². The van der Waals surface area contributed by atoms with Crippen LogP contribution in [0.5, 0.6) is 0 Å². The minimum atomic E-state index is -3.85. The lowest BCUT2D eigenvalue weighted by Gasteiger charge is -2.19. The monoisotopic (exact) mass is 413 g/mol. The average molecular weight is 413 g/mol. The van der Waals surface area contributed by atoms with Gasteiger partial charge in [-0.05, 0) is 49.1 Å². The van der Waals surface area contributed by atoms with E-state index in [9.17, 15) is 18.0 Å². The predicted octanol–water partition coefficient (Wildman–Crippen LogP) is 2.87. The lowest BCUT2D eigenvalue weighted by Crippen LogP contribution is -2.30. The van der Waals surface area contributed by atoms with Gasteiger partial charge in [0, 0.05) is 6.20 Å². The number of hydrogen-bond donors (Lipinski definition) is 1. The first kappa shape index (κ1) is 19.6. The van der Waals surface area contributed by atoms with Crippen molar-refractivity contribution in [3.05, 3.63) is 53.7 Å². The van der Waals surface area contributed by atoms with Crippen molar-refractivity contribution >= 4 is 27.7 Å². The van der Waals surface area contributed by atoms with Crippen molar-refractivity contribution in [1.29, 1.82) is 0 Å². The summed E-state index contributed by atoms with van der Waals surface area (Å²) in [6, 6.07) is 9.95. The number of carbonyl (C=O) groups excluding carboxylic acids is 2. The molecule has 2 atom stereocenters. The molecule has 2 aromatic rings. The van der Waals surface area contributed by atoms with Crippen LogP contribution in [0.4, 0.5) is 5.82 Å². The Labute approximate surface area is 170 Å². The molecule has 1 N–H and O–H groups in total. The van der Waals surface area contributed by atoms with Gasteiger partial charge in [-0.2, -0.15) is 0 Å². The van der Waals surface area contributed by atoms with Gasteiger partial charge in [-0.1, -0.05) is 31.0 Å². The quantitative estimate of drug-likeness (QED) is 0.761. The molecule has 1 aliphatic heterocycles. The number of sulfonamides is 1.